The minimum Gasteiger partial charge on any atom is -0.376 e. The third kappa shape index (κ3) is 7.59. The summed E-state index contributed by atoms with van der Waals surface area (Å²) in [6.07, 6.45) is 5.81. The summed E-state index contributed by atoms with van der Waals surface area (Å²) in [6.45, 7) is 1.87. The Kier molecular flexibility index (Phi) is 8.32. The van der Waals surface area contributed by atoms with Crippen molar-refractivity contribution in [2.75, 3.05) is 19.7 Å². The fraction of sp³-hybridized carbons (Fsp3) is 0.579. The first-order valence-electron chi connectivity index (χ1n) is 8.89. The largest absolute Gasteiger partial charge is 0.376 e. The van der Waals surface area contributed by atoms with Gasteiger partial charge in [-0.1, -0.05) is 43.2 Å². The van der Waals surface area contributed by atoms with E-state index < -0.39 is 0 Å². The predicted octanol–water partition coefficient (Wildman–Crippen LogP) is 2.41. The lowest BCUT2D eigenvalue weighted by molar-refractivity contribution is -0.124. The maximum Gasteiger partial charge on any atom is 0.222 e. The van der Waals surface area contributed by atoms with E-state index in [4.69, 9.17) is 4.74 Å². The molecule has 0 bridgehead atoms. The Balaban J connectivity index is 1.44. The molecule has 1 aliphatic carbocycles. The van der Waals surface area contributed by atoms with Crippen LogP contribution in [0.1, 0.15) is 44.1 Å². The Labute approximate surface area is 144 Å². The van der Waals surface area contributed by atoms with Crippen molar-refractivity contribution < 1.29 is 14.3 Å². The Bertz CT molecular complexity index is 499. The molecule has 2 amide bonds. The smallest absolute Gasteiger partial charge is 0.222 e. The molecule has 0 aliphatic heterocycles. The lowest BCUT2D eigenvalue weighted by atomic mass is 10.0. The molecular weight excluding hydrogens is 304 g/mol. The second-order valence-corrected chi connectivity index (χ2v) is 6.34. The summed E-state index contributed by atoms with van der Waals surface area (Å²) in [6, 6.07) is 9.88. The predicted molar refractivity (Wildman–Crippen MR) is 93.3 cm³/mol. The summed E-state index contributed by atoms with van der Waals surface area (Å²) in [7, 11) is 0. The van der Waals surface area contributed by atoms with Gasteiger partial charge in [0.25, 0.3) is 0 Å². The van der Waals surface area contributed by atoms with Gasteiger partial charge in [0, 0.05) is 25.9 Å². The summed E-state index contributed by atoms with van der Waals surface area (Å²) < 4.78 is 5.48. The van der Waals surface area contributed by atoms with Gasteiger partial charge in [-0.2, -0.15) is 0 Å². The van der Waals surface area contributed by atoms with Crippen LogP contribution in [0.25, 0.3) is 0 Å². The lowest BCUT2D eigenvalue weighted by Gasteiger charge is -2.10. The molecule has 2 rings (SSSR count). The number of carbonyl (C=O) groups excluding carboxylic acids is 2. The van der Waals surface area contributed by atoms with Gasteiger partial charge in [-0.05, 0) is 24.3 Å². The quantitative estimate of drug-likeness (QED) is 0.647. The maximum absolute atomic E-state index is 11.7. The van der Waals surface area contributed by atoms with Crippen molar-refractivity contribution >= 4 is 11.8 Å². The van der Waals surface area contributed by atoms with Crippen molar-refractivity contribution in [1.82, 2.24) is 10.6 Å². The van der Waals surface area contributed by atoms with Crippen LogP contribution in [0.15, 0.2) is 30.3 Å². The van der Waals surface area contributed by atoms with Crippen molar-refractivity contribution in [3.8, 4) is 0 Å². The summed E-state index contributed by atoms with van der Waals surface area (Å²) in [5, 5.41) is 5.67. The highest BCUT2D eigenvalue weighted by Crippen LogP contribution is 2.27. The number of carbonyl (C=O) groups is 2. The fourth-order valence-electron chi connectivity index (χ4n) is 2.97. The molecule has 0 spiro atoms. The Morgan fingerprint density at radius 3 is 2.38 bits per heavy atom. The van der Waals surface area contributed by atoms with Crippen LogP contribution < -0.4 is 10.6 Å². The van der Waals surface area contributed by atoms with E-state index in [-0.39, 0.29) is 11.8 Å². The highest BCUT2D eigenvalue weighted by Gasteiger charge is 2.17. The van der Waals surface area contributed by atoms with E-state index >= 15 is 0 Å². The van der Waals surface area contributed by atoms with E-state index in [0.29, 0.717) is 45.1 Å². The third-order valence-corrected chi connectivity index (χ3v) is 4.30. The monoisotopic (exact) mass is 332 g/mol. The van der Waals surface area contributed by atoms with E-state index in [9.17, 15) is 9.59 Å². The molecule has 0 aromatic heterocycles. The van der Waals surface area contributed by atoms with Crippen LogP contribution in [-0.4, -0.2) is 31.5 Å². The molecule has 0 heterocycles. The molecule has 1 saturated carbocycles. The molecule has 0 atom stereocenters. The second kappa shape index (κ2) is 10.8. The first-order valence-corrected chi connectivity index (χ1v) is 8.89. The van der Waals surface area contributed by atoms with Gasteiger partial charge in [0.2, 0.25) is 11.8 Å². The average molecular weight is 332 g/mol. The summed E-state index contributed by atoms with van der Waals surface area (Å²) in [5.74, 6) is 0.608. The Morgan fingerprint density at radius 2 is 1.67 bits per heavy atom. The summed E-state index contributed by atoms with van der Waals surface area (Å²) in [4.78, 5) is 23.4. The number of amides is 2. The SMILES string of the molecule is O=C(CCOCc1ccccc1)NCCNC(=O)CC1CCCC1. The van der Waals surface area contributed by atoms with Crippen molar-refractivity contribution in [3.63, 3.8) is 0 Å². The summed E-state index contributed by atoms with van der Waals surface area (Å²) >= 11 is 0. The molecule has 132 valence electrons. The number of ether oxygens (including phenoxy) is 1. The molecule has 5 heteroatoms. The highest BCUT2D eigenvalue weighted by atomic mass is 16.5. The molecule has 0 radical (unpaired) electrons. The van der Waals surface area contributed by atoms with Gasteiger partial charge in [-0.15, -0.1) is 0 Å². The zero-order valence-electron chi connectivity index (χ0n) is 14.3. The molecule has 1 aliphatic rings. The molecule has 0 unspecified atom stereocenters. The van der Waals surface area contributed by atoms with Gasteiger partial charge < -0.3 is 15.4 Å². The van der Waals surface area contributed by atoms with Crippen LogP contribution in [0.2, 0.25) is 0 Å². The maximum atomic E-state index is 11.7. The Hall–Kier alpha value is -1.88. The van der Waals surface area contributed by atoms with E-state index in [2.05, 4.69) is 10.6 Å². The second-order valence-electron chi connectivity index (χ2n) is 6.34. The van der Waals surface area contributed by atoms with E-state index in [1.807, 2.05) is 30.3 Å². The van der Waals surface area contributed by atoms with Crippen LogP contribution in [0.5, 0.6) is 0 Å². The van der Waals surface area contributed by atoms with Gasteiger partial charge in [0.1, 0.15) is 0 Å². The van der Waals surface area contributed by atoms with E-state index in [1.54, 1.807) is 0 Å². The number of nitrogens with one attached hydrogen (secondary N) is 2. The zero-order chi connectivity index (χ0) is 17.0. The minimum absolute atomic E-state index is 0.0481. The van der Waals surface area contributed by atoms with Gasteiger partial charge in [-0.25, -0.2) is 0 Å². The highest BCUT2D eigenvalue weighted by molar-refractivity contribution is 5.77. The molecule has 1 aromatic rings. The van der Waals surface area contributed by atoms with Crippen molar-refractivity contribution in [1.29, 1.82) is 0 Å². The first-order chi connectivity index (χ1) is 11.7. The zero-order valence-corrected chi connectivity index (χ0v) is 14.3. The number of hydrogen-bond donors (Lipinski definition) is 2. The molecule has 0 saturated heterocycles. The third-order valence-electron chi connectivity index (χ3n) is 4.30. The summed E-state index contributed by atoms with van der Waals surface area (Å²) in [5.41, 5.74) is 1.10. The lowest BCUT2D eigenvalue weighted by Crippen LogP contribution is -2.35. The van der Waals surface area contributed by atoms with Crippen LogP contribution in [0, 0.1) is 5.92 Å². The van der Waals surface area contributed by atoms with Gasteiger partial charge >= 0.3 is 0 Å². The van der Waals surface area contributed by atoms with Gasteiger partial charge in [-0.3, -0.25) is 9.59 Å². The topological polar surface area (TPSA) is 67.4 Å². The van der Waals surface area contributed by atoms with Gasteiger partial charge in [0.15, 0.2) is 0 Å². The van der Waals surface area contributed by atoms with E-state index in [0.717, 1.165) is 5.56 Å². The molecule has 2 N–H and O–H groups in total. The number of rotatable bonds is 10. The number of benzene rings is 1. The molecular formula is C19H28N2O3. The van der Waals surface area contributed by atoms with Crippen LogP contribution in [0.3, 0.4) is 0 Å². The molecule has 24 heavy (non-hydrogen) atoms. The van der Waals surface area contributed by atoms with E-state index in [1.165, 1.54) is 25.7 Å². The fourth-order valence-corrected chi connectivity index (χ4v) is 2.97. The van der Waals surface area contributed by atoms with Crippen LogP contribution >= 0.6 is 0 Å². The van der Waals surface area contributed by atoms with Crippen molar-refractivity contribution in [2.45, 2.75) is 45.1 Å². The van der Waals surface area contributed by atoms with Gasteiger partial charge in [0.05, 0.1) is 13.2 Å². The molecule has 1 fully saturated rings. The molecule has 5 nitrogen and oxygen atoms in total. The van der Waals surface area contributed by atoms with Crippen LogP contribution in [-0.2, 0) is 20.9 Å². The Morgan fingerprint density at radius 1 is 1.00 bits per heavy atom. The standard InChI is InChI=1S/C19H28N2O3/c22-18(10-13-24-15-17-8-2-1-3-9-17)20-11-12-21-19(23)14-16-6-4-5-7-16/h1-3,8-9,16H,4-7,10-15H2,(H,20,22)(H,21,23). The normalized spacial score (nSPS) is 14.5. The average Bonchev–Trinajstić information content (AvgIpc) is 3.09. The molecule has 1 aromatic carbocycles. The van der Waals surface area contributed by atoms with Crippen LogP contribution in [0.4, 0.5) is 0 Å². The van der Waals surface area contributed by atoms with Crippen molar-refractivity contribution in [2.24, 2.45) is 5.92 Å². The number of hydrogen-bond acceptors (Lipinski definition) is 3. The first kappa shape index (κ1) is 18.5. The van der Waals surface area contributed by atoms with Crippen molar-refractivity contribution in [3.05, 3.63) is 35.9 Å². The minimum atomic E-state index is -0.0481.